The lowest BCUT2D eigenvalue weighted by atomic mass is 10.1. The largest absolute Gasteiger partial charge is 0.476 e. The molecule has 0 aromatic carbocycles. The van der Waals surface area contributed by atoms with E-state index in [9.17, 15) is 9.36 Å². The molecule has 0 aliphatic heterocycles. The zero-order valence-corrected chi connectivity index (χ0v) is 19.9. The maximum absolute atomic E-state index is 11.6. The van der Waals surface area contributed by atoms with E-state index < -0.39 is 14.8 Å². The summed E-state index contributed by atoms with van der Waals surface area (Å²) in [6.07, 6.45) is 1.50. The molecule has 2 N–H and O–H groups in total. The van der Waals surface area contributed by atoms with Crippen LogP contribution in [0.5, 0.6) is 5.88 Å². The van der Waals surface area contributed by atoms with E-state index in [-0.39, 0.29) is 44.6 Å². The Morgan fingerprint density at radius 1 is 1.21 bits per heavy atom. The van der Waals surface area contributed by atoms with Crippen LogP contribution < -0.4 is 10.5 Å². The van der Waals surface area contributed by atoms with Crippen LogP contribution in [0.2, 0.25) is 0 Å². The molecule has 14 heteroatoms. The summed E-state index contributed by atoms with van der Waals surface area (Å²) in [4.78, 5) is 24.1. The van der Waals surface area contributed by atoms with Crippen molar-refractivity contribution in [3.05, 3.63) is 6.33 Å². The molecule has 0 radical (unpaired) electrons. The first-order valence-corrected chi connectivity index (χ1v) is 11.2. The summed E-state index contributed by atoms with van der Waals surface area (Å²) in [6, 6.07) is 0. The Labute approximate surface area is 193 Å². The highest BCUT2D eigenvalue weighted by atomic mass is 31.1. The number of rotatable bonds is 17. The quantitative estimate of drug-likeness (QED) is 0.150. The fraction of sp³-hybridized carbons (Fsp3) is 0.684. The van der Waals surface area contributed by atoms with Gasteiger partial charge in [-0.1, -0.05) is 6.92 Å². The number of anilines is 1. The molecule has 184 valence electrons. The topological polar surface area (TPSA) is 159 Å². The minimum Gasteiger partial charge on any atom is -0.476 e. The van der Waals surface area contributed by atoms with Crippen LogP contribution in [0.15, 0.2) is 6.33 Å². The van der Waals surface area contributed by atoms with Crippen molar-refractivity contribution in [3.63, 3.8) is 0 Å². The number of nitrogen functional groups attached to an aromatic ring is 1. The molecule has 2 heterocycles. The third kappa shape index (κ3) is 8.78. The number of carbonyl (C=O) groups is 1. The standard InChI is InChI=1S/C19H30N5O8P/c1-4-29-17-15-16(22-19(20)23-17)24(10-21-15)11-31-14(9-32-33-26)8-28-12-27-7-6-13(3)18(25)30-5-2/h10,13-14H,4-9,11-12H2,1-3H3,(H2,20,22,23)/t13-,14?/m0/s1. The summed E-state index contributed by atoms with van der Waals surface area (Å²) in [5, 5.41) is 0. The Bertz CT molecular complexity index is 883. The van der Waals surface area contributed by atoms with Gasteiger partial charge in [0, 0.05) is 0 Å². The average Bonchev–Trinajstić information content (AvgIpc) is 3.20. The summed E-state index contributed by atoms with van der Waals surface area (Å²) in [5.74, 6) is -0.162. The van der Waals surface area contributed by atoms with Gasteiger partial charge in [0.15, 0.2) is 11.2 Å². The molecule has 2 rings (SSSR count). The van der Waals surface area contributed by atoms with Gasteiger partial charge in [0.2, 0.25) is 11.8 Å². The molecule has 33 heavy (non-hydrogen) atoms. The second kappa shape index (κ2) is 14.7. The first-order valence-electron chi connectivity index (χ1n) is 10.5. The highest BCUT2D eigenvalue weighted by molar-refractivity contribution is 7.17. The van der Waals surface area contributed by atoms with Gasteiger partial charge in [-0.3, -0.25) is 13.9 Å². The Kier molecular flexibility index (Phi) is 11.9. The average molecular weight is 487 g/mol. The molecular formula is C19H30N5O8P. The number of aromatic nitrogens is 4. The summed E-state index contributed by atoms with van der Waals surface area (Å²) >= 11 is 0. The van der Waals surface area contributed by atoms with Crippen LogP contribution in [0.25, 0.3) is 11.2 Å². The van der Waals surface area contributed by atoms with Gasteiger partial charge in [-0.05, 0) is 20.3 Å². The van der Waals surface area contributed by atoms with Gasteiger partial charge < -0.3 is 29.4 Å². The van der Waals surface area contributed by atoms with Crippen molar-refractivity contribution in [1.82, 2.24) is 19.5 Å². The van der Waals surface area contributed by atoms with E-state index >= 15 is 0 Å². The number of carbonyl (C=O) groups excluding carboxylic acids is 1. The normalized spacial score (nSPS) is 13.3. The molecule has 2 aromatic rings. The van der Waals surface area contributed by atoms with Crippen LogP contribution in [0.4, 0.5) is 5.95 Å². The van der Waals surface area contributed by atoms with Gasteiger partial charge in [0.05, 0.1) is 45.3 Å². The van der Waals surface area contributed by atoms with E-state index in [2.05, 4.69) is 15.0 Å². The fourth-order valence-electron chi connectivity index (χ4n) is 2.67. The minimum absolute atomic E-state index is 0.0000240. The van der Waals surface area contributed by atoms with Gasteiger partial charge in [-0.25, -0.2) is 9.55 Å². The monoisotopic (exact) mass is 487 g/mol. The van der Waals surface area contributed by atoms with Crippen LogP contribution in [-0.4, -0.2) is 71.4 Å². The number of nitrogens with two attached hydrogens (primary N) is 1. The predicted molar refractivity (Wildman–Crippen MR) is 117 cm³/mol. The molecule has 13 nitrogen and oxygen atoms in total. The SMILES string of the molecule is CCOC(=O)[C@@H](C)CCOCOCC(COP=O)OCn1cnc2c(OCC)nc(N)nc21. The lowest BCUT2D eigenvalue weighted by Gasteiger charge is -2.17. The Morgan fingerprint density at radius 2 is 2.03 bits per heavy atom. The van der Waals surface area contributed by atoms with E-state index in [1.54, 1.807) is 18.4 Å². The molecule has 0 aliphatic rings. The van der Waals surface area contributed by atoms with Crippen molar-refractivity contribution < 1.29 is 37.6 Å². The van der Waals surface area contributed by atoms with Crippen LogP contribution in [0.1, 0.15) is 27.2 Å². The van der Waals surface area contributed by atoms with Crippen molar-refractivity contribution in [3.8, 4) is 5.88 Å². The second-order valence-electron chi connectivity index (χ2n) is 6.83. The van der Waals surface area contributed by atoms with E-state index in [4.69, 9.17) is 33.9 Å². The zero-order chi connectivity index (χ0) is 24.1. The molecule has 0 amide bonds. The Hall–Kier alpha value is -2.44. The summed E-state index contributed by atoms with van der Waals surface area (Å²) < 4.78 is 44.3. The highest BCUT2D eigenvalue weighted by Crippen LogP contribution is 2.22. The van der Waals surface area contributed by atoms with Gasteiger partial charge in [0.1, 0.15) is 19.6 Å². The van der Waals surface area contributed by atoms with Crippen molar-refractivity contribution in [2.75, 3.05) is 45.6 Å². The summed E-state index contributed by atoms with van der Waals surface area (Å²) in [6.45, 7) is 6.67. The van der Waals surface area contributed by atoms with Crippen LogP contribution in [0.3, 0.4) is 0 Å². The smallest absolute Gasteiger partial charge is 0.327 e. The van der Waals surface area contributed by atoms with Crippen LogP contribution in [-0.2, 0) is 39.6 Å². The third-order valence-electron chi connectivity index (χ3n) is 4.35. The zero-order valence-electron chi connectivity index (χ0n) is 19.0. The van der Waals surface area contributed by atoms with E-state index in [0.717, 1.165) is 0 Å². The molecule has 2 aromatic heterocycles. The Morgan fingerprint density at radius 3 is 2.76 bits per heavy atom. The number of hydrogen-bond donors (Lipinski definition) is 1. The third-order valence-corrected chi connectivity index (χ3v) is 4.60. The number of esters is 1. The maximum Gasteiger partial charge on any atom is 0.327 e. The van der Waals surface area contributed by atoms with E-state index in [1.807, 2.05) is 6.92 Å². The lowest BCUT2D eigenvalue weighted by Crippen LogP contribution is -2.26. The molecule has 0 bridgehead atoms. The van der Waals surface area contributed by atoms with Gasteiger partial charge in [-0.15, -0.1) is 0 Å². The second-order valence-corrected chi connectivity index (χ2v) is 7.24. The number of ether oxygens (including phenoxy) is 5. The maximum atomic E-state index is 11.6. The number of nitrogens with zero attached hydrogens (tertiary/aromatic N) is 4. The highest BCUT2D eigenvalue weighted by Gasteiger charge is 2.16. The lowest BCUT2D eigenvalue weighted by molar-refractivity contribution is -0.149. The first-order chi connectivity index (χ1) is 16.0. The van der Waals surface area contributed by atoms with E-state index in [1.165, 1.54) is 6.33 Å². The fourth-order valence-corrected chi connectivity index (χ4v) is 2.90. The molecule has 0 fully saturated rings. The van der Waals surface area contributed by atoms with Crippen molar-refractivity contribution in [1.29, 1.82) is 0 Å². The number of imidazole rings is 1. The minimum atomic E-state index is -0.545. The number of fused-ring (bicyclic) bond motifs is 1. The Balaban J connectivity index is 1.82. The van der Waals surface area contributed by atoms with E-state index in [0.29, 0.717) is 43.3 Å². The molecule has 0 aliphatic carbocycles. The van der Waals surface area contributed by atoms with Gasteiger partial charge in [-0.2, -0.15) is 9.97 Å². The van der Waals surface area contributed by atoms with Gasteiger partial charge in [0.25, 0.3) is 0 Å². The summed E-state index contributed by atoms with van der Waals surface area (Å²) in [7, 11) is -0.468. The molecule has 0 spiro atoms. The summed E-state index contributed by atoms with van der Waals surface area (Å²) in [5.41, 5.74) is 6.67. The molecule has 0 saturated heterocycles. The molecule has 0 saturated carbocycles. The molecule has 1 unspecified atom stereocenters. The predicted octanol–water partition coefficient (Wildman–Crippen LogP) is 1.95. The molecule has 2 atom stereocenters. The first kappa shape index (κ1) is 26.8. The van der Waals surface area contributed by atoms with Crippen LogP contribution in [0, 0.1) is 5.92 Å². The van der Waals surface area contributed by atoms with Crippen molar-refractivity contribution in [2.24, 2.45) is 5.92 Å². The van der Waals surface area contributed by atoms with Crippen LogP contribution >= 0.6 is 8.69 Å². The molecular weight excluding hydrogens is 457 g/mol. The van der Waals surface area contributed by atoms with Crippen molar-refractivity contribution >= 4 is 31.8 Å². The van der Waals surface area contributed by atoms with Gasteiger partial charge >= 0.3 is 14.7 Å². The van der Waals surface area contributed by atoms with Crippen molar-refractivity contribution in [2.45, 2.75) is 40.0 Å². The number of hydrogen-bond acceptors (Lipinski definition) is 12.